The summed E-state index contributed by atoms with van der Waals surface area (Å²) in [5, 5.41) is 8.31. The Bertz CT molecular complexity index is 530. The number of methoxy groups -OCH3 is 1. The van der Waals surface area contributed by atoms with Gasteiger partial charge in [0.25, 0.3) is 0 Å². The Kier molecular flexibility index (Phi) is 15.1. The Balaban J connectivity index is 0. The highest BCUT2D eigenvalue weighted by Crippen LogP contribution is 2.03. The molecule has 1 aromatic rings. The van der Waals surface area contributed by atoms with Gasteiger partial charge in [0.2, 0.25) is 0 Å². The van der Waals surface area contributed by atoms with Crippen LogP contribution in [0.1, 0.15) is 38.7 Å². The molecule has 0 aliphatic rings. The van der Waals surface area contributed by atoms with E-state index in [2.05, 4.69) is 24.5 Å². The minimum atomic E-state index is -0.872. The summed E-state index contributed by atoms with van der Waals surface area (Å²) in [4.78, 5) is 20.3. The molecule has 0 unspecified atom stereocenters. The normalized spacial score (nSPS) is 8.46. The fraction of sp³-hybridized carbons (Fsp3) is 0.300. The number of aliphatic carboxylic acids is 1. The smallest absolute Gasteiger partial charge is 0.332 e. The first-order valence-electron chi connectivity index (χ1n) is 7.62. The SMILES string of the molecule is C=C(C)C(=O)OC.C=C(CCCC)C(=O)O.C=Cc1ccccc1. The summed E-state index contributed by atoms with van der Waals surface area (Å²) in [6.07, 6.45) is 4.39. The average molecular weight is 332 g/mol. The maximum atomic E-state index is 10.2. The van der Waals surface area contributed by atoms with Crippen LogP contribution in [0.5, 0.6) is 0 Å². The number of carboxylic acids is 1. The molecule has 4 nitrogen and oxygen atoms in total. The number of carbonyl (C=O) groups excluding carboxylic acids is 1. The lowest BCUT2D eigenvalue weighted by atomic mass is 10.1. The van der Waals surface area contributed by atoms with Gasteiger partial charge in [0.05, 0.1) is 7.11 Å². The molecule has 0 aliphatic carbocycles. The van der Waals surface area contributed by atoms with E-state index in [0.29, 0.717) is 17.6 Å². The first-order chi connectivity index (χ1) is 11.3. The highest BCUT2D eigenvalue weighted by Gasteiger charge is 2.00. The van der Waals surface area contributed by atoms with E-state index < -0.39 is 5.97 Å². The average Bonchev–Trinajstić information content (AvgIpc) is 2.60. The van der Waals surface area contributed by atoms with E-state index in [1.807, 2.05) is 43.3 Å². The van der Waals surface area contributed by atoms with Crippen molar-refractivity contribution in [2.24, 2.45) is 0 Å². The van der Waals surface area contributed by atoms with Crippen molar-refractivity contribution in [3.05, 3.63) is 66.8 Å². The molecule has 0 aromatic heterocycles. The van der Waals surface area contributed by atoms with Crippen LogP contribution in [0.3, 0.4) is 0 Å². The van der Waals surface area contributed by atoms with Crippen LogP contribution in [-0.2, 0) is 14.3 Å². The zero-order valence-corrected chi connectivity index (χ0v) is 14.9. The number of ether oxygens (including phenoxy) is 1. The molecule has 24 heavy (non-hydrogen) atoms. The number of carboxylic acid groups (broad SMARTS) is 1. The Morgan fingerprint density at radius 3 is 2.00 bits per heavy atom. The molecule has 0 amide bonds. The molecular formula is C20H28O4. The lowest BCUT2D eigenvalue weighted by molar-refractivity contribution is -0.136. The molecule has 0 atom stereocenters. The van der Waals surface area contributed by atoms with E-state index in [0.717, 1.165) is 12.8 Å². The molecule has 0 aliphatic heterocycles. The van der Waals surface area contributed by atoms with Gasteiger partial charge in [0.15, 0.2) is 0 Å². The van der Waals surface area contributed by atoms with Gasteiger partial charge in [0.1, 0.15) is 0 Å². The summed E-state index contributed by atoms with van der Waals surface area (Å²) in [5.41, 5.74) is 1.92. The largest absolute Gasteiger partial charge is 0.478 e. The summed E-state index contributed by atoms with van der Waals surface area (Å²) >= 11 is 0. The molecule has 132 valence electrons. The van der Waals surface area contributed by atoms with Crippen LogP contribution in [0.4, 0.5) is 0 Å². The van der Waals surface area contributed by atoms with Crippen molar-refractivity contribution < 1.29 is 19.4 Å². The molecule has 0 heterocycles. The minimum absolute atomic E-state index is 0.317. The zero-order valence-electron chi connectivity index (χ0n) is 14.9. The lowest BCUT2D eigenvalue weighted by Crippen LogP contribution is -1.98. The monoisotopic (exact) mass is 332 g/mol. The summed E-state index contributed by atoms with van der Waals surface area (Å²) in [6, 6.07) is 10.0. The van der Waals surface area contributed by atoms with Gasteiger partial charge in [-0.05, 0) is 25.3 Å². The van der Waals surface area contributed by atoms with E-state index in [1.165, 1.54) is 12.7 Å². The second-order valence-electron chi connectivity index (χ2n) is 4.90. The Morgan fingerprint density at radius 1 is 1.21 bits per heavy atom. The lowest BCUT2D eigenvalue weighted by Gasteiger charge is -1.95. The van der Waals surface area contributed by atoms with Crippen LogP contribution in [0.15, 0.2) is 61.2 Å². The third kappa shape index (κ3) is 14.3. The number of carbonyl (C=O) groups is 2. The second kappa shape index (κ2) is 15.3. The Morgan fingerprint density at radius 2 is 1.75 bits per heavy atom. The van der Waals surface area contributed by atoms with E-state index in [9.17, 15) is 9.59 Å². The van der Waals surface area contributed by atoms with Crippen molar-refractivity contribution in [3.8, 4) is 0 Å². The molecule has 0 fully saturated rings. The number of unbranched alkanes of at least 4 members (excludes halogenated alkanes) is 1. The summed E-state index contributed by atoms with van der Waals surface area (Å²) < 4.78 is 4.27. The predicted octanol–water partition coefficient (Wildman–Crippen LogP) is 4.88. The molecule has 1 rings (SSSR count). The van der Waals surface area contributed by atoms with E-state index in [4.69, 9.17) is 5.11 Å². The molecule has 0 saturated carbocycles. The van der Waals surface area contributed by atoms with Gasteiger partial charge >= 0.3 is 11.9 Å². The third-order valence-corrected chi connectivity index (χ3v) is 2.70. The van der Waals surface area contributed by atoms with Gasteiger partial charge in [-0.25, -0.2) is 9.59 Å². The van der Waals surface area contributed by atoms with Crippen LogP contribution in [-0.4, -0.2) is 24.2 Å². The van der Waals surface area contributed by atoms with Crippen molar-refractivity contribution in [1.29, 1.82) is 0 Å². The van der Waals surface area contributed by atoms with Gasteiger partial charge < -0.3 is 9.84 Å². The van der Waals surface area contributed by atoms with Crippen LogP contribution < -0.4 is 0 Å². The highest BCUT2D eigenvalue weighted by atomic mass is 16.5. The quantitative estimate of drug-likeness (QED) is 0.595. The van der Waals surface area contributed by atoms with Gasteiger partial charge in [-0.2, -0.15) is 0 Å². The highest BCUT2D eigenvalue weighted by molar-refractivity contribution is 5.86. The zero-order chi connectivity index (χ0) is 19.0. The van der Waals surface area contributed by atoms with Crippen molar-refractivity contribution in [3.63, 3.8) is 0 Å². The maximum Gasteiger partial charge on any atom is 0.332 e. The van der Waals surface area contributed by atoms with Crippen LogP contribution in [0.25, 0.3) is 6.08 Å². The standard InChI is InChI=1S/C8H8.C7H12O2.C5H8O2/c1-2-8-6-4-3-5-7-8;1-3-4-5-6(2)7(8)9;1-4(2)5(6)7-3/h2-7H,1H2;2-5H2,1H3,(H,8,9);1H2,2-3H3. The van der Waals surface area contributed by atoms with Gasteiger partial charge in [-0.3, -0.25) is 0 Å². The number of hydrogen-bond acceptors (Lipinski definition) is 3. The van der Waals surface area contributed by atoms with Gasteiger partial charge in [-0.15, -0.1) is 0 Å². The topological polar surface area (TPSA) is 63.6 Å². The number of rotatable bonds is 6. The van der Waals surface area contributed by atoms with Crippen molar-refractivity contribution in [2.45, 2.75) is 33.1 Å². The van der Waals surface area contributed by atoms with Crippen LogP contribution >= 0.6 is 0 Å². The first-order valence-corrected chi connectivity index (χ1v) is 7.62. The molecule has 4 heteroatoms. The molecule has 1 aromatic carbocycles. The summed E-state index contributed by atoms with van der Waals surface area (Å²) in [5.74, 6) is -1.22. The molecule has 0 saturated heterocycles. The second-order valence-corrected chi connectivity index (χ2v) is 4.90. The minimum Gasteiger partial charge on any atom is -0.478 e. The molecule has 0 bridgehead atoms. The molecule has 0 radical (unpaired) electrons. The molecular weight excluding hydrogens is 304 g/mol. The first kappa shape index (κ1) is 23.6. The van der Waals surface area contributed by atoms with E-state index in [-0.39, 0.29) is 5.97 Å². The number of benzene rings is 1. The number of hydrogen-bond donors (Lipinski definition) is 1. The van der Waals surface area contributed by atoms with Gasteiger partial charge in [-0.1, -0.05) is 69.5 Å². The third-order valence-electron chi connectivity index (χ3n) is 2.70. The Hall–Kier alpha value is -2.62. The summed E-state index contributed by atoms with van der Waals surface area (Å²) in [7, 11) is 1.33. The fourth-order valence-corrected chi connectivity index (χ4v) is 1.26. The summed E-state index contributed by atoms with van der Waals surface area (Å²) in [6.45, 7) is 14.0. The fourth-order valence-electron chi connectivity index (χ4n) is 1.26. The van der Waals surface area contributed by atoms with Crippen molar-refractivity contribution in [1.82, 2.24) is 0 Å². The molecule has 1 N–H and O–H groups in total. The van der Waals surface area contributed by atoms with E-state index >= 15 is 0 Å². The van der Waals surface area contributed by atoms with Crippen LogP contribution in [0.2, 0.25) is 0 Å². The van der Waals surface area contributed by atoms with Gasteiger partial charge in [0, 0.05) is 11.1 Å². The van der Waals surface area contributed by atoms with Crippen molar-refractivity contribution in [2.75, 3.05) is 7.11 Å². The number of esters is 1. The van der Waals surface area contributed by atoms with Crippen LogP contribution in [0, 0.1) is 0 Å². The predicted molar refractivity (Wildman–Crippen MR) is 99.7 cm³/mol. The van der Waals surface area contributed by atoms with E-state index in [1.54, 1.807) is 6.92 Å². The molecule has 0 spiro atoms. The maximum absolute atomic E-state index is 10.2. The Labute approximate surface area is 145 Å². The van der Waals surface area contributed by atoms with Crippen molar-refractivity contribution >= 4 is 18.0 Å².